The normalized spacial score (nSPS) is 12.0. The van der Waals surface area contributed by atoms with Crippen molar-refractivity contribution in [2.24, 2.45) is 0 Å². The maximum absolute atomic E-state index is 11.4. The molecule has 5 nitrogen and oxygen atoms in total. The summed E-state index contributed by atoms with van der Waals surface area (Å²) in [4.78, 5) is 24.2. The highest BCUT2D eigenvalue weighted by Gasteiger charge is 2.11. The van der Waals surface area contributed by atoms with E-state index in [0.717, 1.165) is 6.42 Å². The van der Waals surface area contributed by atoms with Gasteiger partial charge in [-0.15, -0.1) is 0 Å². The first kappa shape index (κ1) is 14.9. The average Bonchev–Trinajstić information content (AvgIpc) is 2.25. The predicted octanol–water partition coefficient (Wildman–Crippen LogP) is -0.0310. The SMILES string of the molecule is CCCNC(=O)C(C)NCCC(=O)N(C)C. The van der Waals surface area contributed by atoms with Crippen molar-refractivity contribution in [2.75, 3.05) is 27.2 Å². The molecule has 0 fully saturated rings. The van der Waals surface area contributed by atoms with Crippen molar-refractivity contribution in [3.05, 3.63) is 0 Å². The van der Waals surface area contributed by atoms with Gasteiger partial charge in [-0.25, -0.2) is 0 Å². The van der Waals surface area contributed by atoms with Gasteiger partial charge in [0.2, 0.25) is 11.8 Å². The van der Waals surface area contributed by atoms with E-state index in [4.69, 9.17) is 0 Å². The van der Waals surface area contributed by atoms with Crippen LogP contribution >= 0.6 is 0 Å². The Morgan fingerprint density at radius 3 is 2.38 bits per heavy atom. The third kappa shape index (κ3) is 6.40. The van der Waals surface area contributed by atoms with Crippen LogP contribution in [0.15, 0.2) is 0 Å². The van der Waals surface area contributed by atoms with E-state index in [1.165, 1.54) is 0 Å². The number of hydrogen-bond acceptors (Lipinski definition) is 3. The second-order valence-electron chi connectivity index (χ2n) is 4.01. The molecule has 1 unspecified atom stereocenters. The van der Waals surface area contributed by atoms with Gasteiger partial charge in [0.05, 0.1) is 6.04 Å². The van der Waals surface area contributed by atoms with Gasteiger partial charge in [-0.1, -0.05) is 6.92 Å². The molecule has 0 aliphatic carbocycles. The summed E-state index contributed by atoms with van der Waals surface area (Å²) in [5.74, 6) is 0.0489. The lowest BCUT2D eigenvalue weighted by Gasteiger charge is -2.14. The van der Waals surface area contributed by atoms with Crippen molar-refractivity contribution in [1.29, 1.82) is 0 Å². The van der Waals surface area contributed by atoms with E-state index in [2.05, 4.69) is 10.6 Å². The second-order valence-corrected chi connectivity index (χ2v) is 4.01. The molecule has 2 N–H and O–H groups in total. The van der Waals surface area contributed by atoms with Crippen LogP contribution in [0.1, 0.15) is 26.7 Å². The highest BCUT2D eigenvalue weighted by Crippen LogP contribution is 1.88. The molecule has 0 heterocycles. The van der Waals surface area contributed by atoms with E-state index in [1.807, 2.05) is 6.92 Å². The van der Waals surface area contributed by atoms with E-state index in [1.54, 1.807) is 25.9 Å². The molecule has 0 saturated carbocycles. The van der Waals surface area contributed by atoms with Crippen LogP contribution in [0, 0.1) is 0 Å². The molecule has 0 rings (SSSR count). The van der Waals surface area contributed by atoms with E-state index in [0.29, 0.717) is 19.5 Å². The van der Waals surface area contributed by atoms with Gasteiger partial charge < -0.3 is 15.5 Å². The molecule has 0 aliphatic rings. The van der Waals surface area contributed by atoms with Crippen molar-refractivity contribution < 1.29 is 9.59 Å². The third-order valence-electron chi connectivity index (χ3n) is 2.23. The topological polar surface area (TPSA) is 61.4 Å². The fourth-order valence-electron chi connectivity index (χ4n) is 1.11. The Hall–Kier alpha value is -1.10. The fourth-order valence-corrected chi connectivity index (χ4v) is 1.11. The Bertz CT molecular complexity index is 229. The largest absolute Gasteiger partial charge is 0.355 e. The van der Waals surface area contributed by atoms with Crippen LogP contribution in [-0.2, 0) is 9.59 Å². The Morgan fingerprint density at radius 1 is 1.25 bits per heavy atom. The smallest absolute Gasteiger partial charge is 0.236 e. The number of carbonyl (C=O) groups excluding carboxylic acids is 2. The predicted molar refractivity (Wildman–Crippen MR) is 64.1 cm³/mol. The summed E-state index contributed by atoms with van der Waals surface area (Å²) in [6, 6.07) is -0.249. The molecular weight excluding hydrogens is 206 g/mol. The number of nitrogens with one attached hydrogen (secondary N) is 2. The highest BCUT2D eigenvalue weighted by molar-refractivity contribution is 5.81. The zero-order valence-corrected chi connectivity index (χ0v) is 10.7. The molecule has 0 aromatic rings. The van der Waals surface area contributed by atoms with Gasteiger partial charge in [0, 0.05) is 33.6 Å². The maximum Gasteiger partial charge on any atom is 0.236 e. The molecule has 16 heavy (non-hydrogen) atoms. The second kappa shape index (κ2) is 8.10. The summed E-state index contributed by atoms with van der Waals surface area (Å²) >= 11 is 0. The van der Waals surface area contributed by atoms with Gasteiger partial charge >= 0.3 is 0 Å². The van der Waals surface area contributed by atoms with Crippen molar-refractivity contribution in [3.63, 3.8) is 0 Å². The number of nitrogens with zero attached hydrogens (tertiary/aromatic N) is 1. The number of hydrogen-bond donors (Lipinski definition) is 2. The molecule has 0 radical (unpaired) electrons. The van der Waals surface area contributed by atoms with Crippen LogP contribution in [0.3, 0.4) is 0 Å². The van der Waals surface area contributed by atoms with Gasteiger partial charge in [-0.3, -0.25) is 9.59 Å². The average molecular weight is 229 g/mol. The van der Waals surface area contributed by atoms with Crippen molar-refractivity contribution >= 4 is 11.8 Å². The summed E-state index contributed by atoms with van der Waals surface area (Å²) in [5, 5.41) is 5.81. The Morgan fingerprint density at radius 2 is 1.88 bits per heavy atom. The Balaban J connectivity index is 3.68. The molecule has 0 spiro atoms. The van der Waals surface area contributed by atoms with Crippen molar-refractivity contribution in [3.8, 4) is 0 Å². The monoisotopic (exact) mass is 229 g/mol. The maximum atomic E-state index is 11.4. The van der Waals surface area contributed by atoms with E-state index < -0.39 is 0 Å². The molecule has 2 amide bonds. The molecule has 0 aromatic heterocycles. The minimum atomic E-state index is -0.249. The van der Waals surface area contributed by atoms with E-state index in [-0.39, 0.29) is 17.9 Å². The van der Waals surface area contributed by atoms with Crippen LogP contribution in [0.2, 0.25) is 0 Å². The summed E-state index contributed by atoms with van der Waals surface area (Å²) < 4.78 is 0. The lowest BCUT2D eigenvalue weighted by molar-refractivity contribution is -0.129. The lowest BCUT2D eigenvalue weighted by Crippen LogP contribution is -2.43. The molecule has 0 bridgehead atoms. The minimum Gasteiger partial charge on any atom is -0.355 e. The zero-order chi connectivity index (χ0) is 12.6. The summed E-state index contributed by atoms with van der Waals surface area (Å²) in [6.45, 7) is 5.03. The standard InChI is InChI=1S/C11H23N3O2/c1-5-7-13-11(16)9(2)12-8-6-10(15)14(3)4/h9,12H,5-8H2,1-4H3,(H,13,16). The van der Waals surface area contributed by atoms with Gasteiger partial charge in [-0.2, -0.15) is 0 Å². The van der Waals surface area contributed by atoms with E-state index >= 15 is 0 Å². The van der Waals surface area contributed by atoms with Crippen LogP contribution < -0.4 is 10.6 Å². The first-order chi connectivity index (χ1) is 7.49. The molecule has 0 saturated heterocycles. The van der Waals surface area contributed by atoms with E-state index in [9.17, 15) is 9.59 Å². The molecule has 5 heteroatoms. The minimum absolute atomic E-state index is 0.0147. The Kier molecular flexibility index (Phi) is 7.54. The Labute approximate surface area is 97.6 Å². The lowest BCUT2D eigenvalue weighted by atomic mass is 10.3. The molecule has 0 aliphatic heterocycles. The molecule has 94 valence electrons. The summed E-state index contributed by atoms with van der Waals surface area (Å²) in [7, 11) is 3.44. The quantitative estimate of drug-likeness (QED) is 0.644. The van der Waals surface area contributed by atoms with Crippen LogP contribution in [0.25, 0.3) is 0 Å². The fraction of sp³-hybridized carbons (Fsp3) is 0.818. The molecule has 0 aromatic carbocycles. The number of rotatable bonds is 7. The van der Waals surface area contributed by atoms with Gasteiger partial charge in [0.1, 0.15) is 0 Å². The number of amides is 2. The summed E-state index contributed by atoms with van der Waals surface area (Å²) in [5.41, 5.74) is 0. The highest BCUT2D eigenvalue weighted by atomic mass is 16.2. The van der Waals surface area contributed by atoms with Crippen LogP contribution in [-0.4, -0.2) is 49.9 Å². The van der Waals surface area contributed by atoms with Gasteiger partial charge in [0.15, 0.2) is 0 Å². The van der Waals surface area contributed by atoms with Gasteiger partial charge in [-0.05, 0) is 13.3 Å². The third-order valence-corrected chi connectivity index (χ3v) is 2.23. The number of carbonyl (C=O) groups is 2. The summed E-state index contributed by atoms with van der Waals surface area (Å²) in [6.07, 6.45) is 1.34. The first-order valence-electron chi connectivity index (χ1n) is 5.70. The van der Waals surface area contributed by atoms with Crippen molar-refractivity contribution in [1.82, 2.24) is 15.5 Å². The van der Waals surface area contributed by atoms with Crippen molar-refractivity contribution in [2.45, 2.75) is 32.7 Å². The molecule has 1 atom stereocenters. The zero-order valence-electron chi connectivity index (χ0n) is 10.7. The van der Waals surface area contributed by atoms with Crippen LogP contribution in [0.5, 0.6) is 0 Å². The first-order valence-corrected chi connectivity index (χ1v) is 5.70. The molecular formula is C11H23N3O2. The van der Waals surface area contributed by atoms with Crippen LogP contribution in [0.4, 0.5) is 0 Å². The van der Waals surface area contributed by atoms with Gasteiger partial charge in [0.25, 0.3) is 0 Å².